The van der Waals surface area contributed by atoms with Crippen molar-refractivity contribution in [2.75, 3.05) is 18.0 Å². The molecule has 128 valence electrons. The number of aromatic nitrogens is 2. The van der Waals surface area contributed by atoms with E-state index in [0.29, 0.717) is 25.5 Å². The van der Waals surface area contributed by atoms with Crippen LogP contribution in [0.5, 0.6) is 0 Å². The highest BCUT2D eigenvalue weighted by Gasteiger charge is 2.27. The molecule has 1 aliphatic heterocycles. The predicted octanol–water partition coefficient (Wildman–Crippen LogP) is 0.660. The Morgan fingerprint density at radius 1 is 1.43 bits per heavy atom. The lowest BCUT2D eigenvalue weighted by Crippen LogP contribution is -2.41. The van der Waals surface area contributed by atoms with E-state index < -0.39 is 17.4 Å². The van der Waals surface area contributed by atoms with Crippen LogP contribution in [0.2, 0.25) is 0 Å². The molecule has 23 heavy (non-hydrogen) atoms. The summed E-state index contributed by atoms with van der Waals surface area (Å²) in [5.74, 6) is 0.484. The maximum atomic E-state index is 11.9. The molecule has 1 atom stereocenters. The average molecular weight is 324 g/mol. The standard InChI is InChI=1S/C15H24N4O4/c1-5-19-12(20)8-11(17-13(19)21)18-7-6-10(9-18)16-14(22)23-15(2,3)4/h8,10H,5-7,9H2,1-4H3,(H,16,22)(H,17,21)/t10-/m0/s1. The van der Waals surface area contributed by atoms with Gasteiger partial charge in [0.15, 0.2) is 0 Å². The summed E-state index contributed by atoms with van der Waals surface area (Å²) in [4.78, 5) is 40.1. The number of carbonyl (C=O) groups excluding carboxylic acids is 1. The fraction of sp³-hybridized carbons (Fsp3) is 0.667. The van der Waals surface area contributed by atoms with Crippen LogP contribution in [0.4, 0.5) is 10.6 Å². The molecular weight excluding hydrogens is 300 g/mol. The van der Waals surface area contributed by atoms with Crippen molar-refractivity contribution in [1.29, 1.82) is 0 Å². The molecular formula is C15H24N4O4. The van der Waals surface area contributed by atoms with Gasteiger partial charge in [-0.25, -0.2) is 9.59 Å². The van der Waals surface area contributed by atoms with E-state index in [2.05, 4.69) is 10.3 Å². The lowest BCUT2D eigenvalue weighted by atomic mass is 10.2. The Hall–Kier alpha value is -2.25. The summed E-state index contributed by atoms with van der Waals surface area (Å²) in [6, 6.07) is 1.34. The SMILES string of the molecule is CCn1c(=O)cc(N2CC[C@H](NC(=O)OC(C)(C)C)C2)[nH]c1=O. The minimum absolute atomic E-state index is 0.0815. The molecule has 8 heteroatoms. The lowest BCUT2D eigenvalue weighted by molar-refractivity contribution is 0.0509. The Labute approximate surface area is 134 Å². The van der Waals surface area contributed by atoms with Crippen LogP contribution in [0.1, 0.15) is 34.1 Å². The fourth-order valence-corrected chi connectivity index (χ4v) is 2.55. The molecule has 0 aliphatic carbocycles. The van der Waals surface area contributed by atoms with Crippen LogP contribution < -0.4 is 21.5 Å². The molecule has 1 amide bonds. The number of carbonyl (C=O) groups is 1. The summed E-state index contributed by atoms with van der Waals surface area (Å²) in [5, 5.41) is 2.81. The average Bonchev–Trinajstić information content (AvgIpc) is 2.84. The summed E-state index contributed by atoms with van der Waals surface area (Å²) in [7, 11) is 0. The van der Waals surface area contributed by atoms with Gasteiger partial charge in [-0.2, -0.15) is 0 Å². The Morgan fingerprint density at radius 2 is 2.13 bits per heavy atom. The number of nitrogens with one attached hydrogen (secondary N) is 2. The molecule has 1 aliphatic rings. The van der Waals surface area contributed by atoms with Crippen LogP contribution >= 0.6 is 0 Å². The zero-order chi connectivity index (χ0) is 17.2. The van der Waals surface area contributed by atoms with E-state index in [-0.39, 0.29) is 11.6 Å². The van der Waals surface area contributed by atoms with Crippen LogP contribution in [-0.4, -0.2) is 40.4 Å². The molecule has 1 aromatic heterocycles. The van der Waals surface area contributed by atoms with Gasteiger partial charge in [-0.05, 0) is 34.1 Å². The third kappa shape index (κ3) is 4.37. The molecule has 0 unspecified atom stereocenters. The number of nitrogens with zero attached hydrogens (tertiary/aromatic N) is 2. The highest BCUT2D eigenvalue weighted by Crippen LogP contribution is 2.16. The maximum absolute atomic E-state index is 11.9. The number of amides is 1. The summed E-state index contributed by atoms with van der Waals surface area (Å²) in [5.41, 5.74) is -1.29. The minimum Gasteiger partial charge on any atom is -0.444 e. The van der Waals surface area contributed by atoms with Crippen molar-refractivity contribution in [3.8, 4) is 0 Å². The Kier molecular flexibility index (Phi) is 4.82. The largest absolute Gasteiger partial charge is 0.444 e. The first-order chi connectivity index (χ1) is 10.7. The Bertz CT molecular complexity index is 655. The molecule has 2 heterocycles. The first-order valence-electron chi connectivity index (χ1n) is 7.78. The van der Waals surface area contributed by atoms with E-state index in [1.54, 1.807) is 27.7 Å². The van der Waals surface area contributed by atoms with Gasteiger partial charge in [0.25, 0.3) is 5.56 Å². The number of anilines is 1. The second-order valence-electron chi connectivity index (χ2n) is 6.62. The first-order valence-corrected chi connectivity index (χ1v) is 7.78. The highest BCUT2D eigenvalue weighted by molar-refractivity contribution is 5.68. The van der Waals surface area contributed by atoms with Gasteiger partial charge in [-0.3, -0.25) is 14.3 Å². The van der Waals surface area contributed by atoms with Crippen molar-refractivity contribution in [3.05, 3.63) is 26.9 Å². The Morgan fingerprint density at radius 3 is 2.70 bits per heavy atom. The van der Waals surface area contributed by atoms with E-state index in [4.69, 9.17) is 4.74 Å². The number of ether oxygens (including phenoxy) is 1. The van der Waals surface area contributed by atoms with E-state index in [1.165, 1.54) is 6.07 Å². The monoisotopic (exact) mass is 324 g/mol. The van der Waals surface area contributed by atoms with Gasteiger partial charge in [0.05, 0.1) is 6.04 Å². The number of aromatic amines is 1. The maximum Gasteiger partial charge on any atom is 0.407 e. The van der Waals surface area contributed by atoms with Crippen molar-refractivity contribution < 1.29 is 9.53 Å². The predicted molar refractivity (Wildman–Crippen MR) is 87.0 cm³/mol. The van der Waals surface area contributed by atoms with Gasteiger partial charge in [0, 0.05) is 25.7 Å². The van der Waals surface area contributed by atoms with E-state index in [1.807, 2.05) is 4.90 Å². The number of hydrogen-bond donors (Lipinski definition) is 2. The fourth-order valence-electron chi connectivity index (χ4n) is 2.55. The molecule has 8 nitrogen and oxygen atoms in total. The molecule has 0 radical (unpaired) electrons. The highest BCUT2D eigenvalue weighted by atomic mass is 16.6. The topological polar surface area (TPSA) is 96.4 Å². The zero-order valence-electron chi connectivity index (χ0n) is 14.0. The van der Waals surface area contributed by atoms with E-state index in [9.17, 15) is 14.4 Å². The van der Waals surface area contributed by atoms with Crippen LogP contribution in [0, 0.1) is 0 Å². The second-order valence-corrected chi connectivity index (χ2v) is 6.62. The smallest absolute Gasteiger partial charge is 0.407 e. The van der Waals surface area contributed by atoms with Crippen LogP contribution in [0.15, 0.2) is 15.7 Å². The van der Waals surface area contributed by atoms with Crippen molar-refractivity contribution in [3.63, 3.8) is 0 Å². The molecule has 2 N–H and O–H groups in total. The van der Waals surface area contributed by atoms with Crippen molar-refractivity contribution in [2.45, 2.75) is 52.3 Å². The number of alkyl carbamates (subject to hydrolysis) is 1. The number of rotatable bonds is 3. The minimum atomic E-state index is -0.543. The van der Waals surface area contributed by atoms with Crippen LogP contribution in [0.3, 0.4) is 0 Å². The van der Waals surface area contributed by atoms with Crippen LogP contribution in [0.25, 0.3) is 0 Å². The second kappa shape index (κ2) is 6.47. The molecule has 0 saturated carbocycles. The van der Waals surface area contributed by atoms with Crippen LogP contribution in [-0.2, 0) is 11.3 Å². The molecule has 0 spiro atoms. The molecule has 1 aromatic rings. The zero-order valence-corrected chi connectivity index (χ0v) is 14.0. The van der Waals surface area contributed by atoms with Gasteiger partial charge in [0.1, 0.15) is 11.4 Å². The summed E-state index contributed by atoms with van der Waals surface area (Å²) >= 11 is 0. The van der Waals surface area contributed by atoms with Crippen molar-refractivity contribution in [2.24, 2.45) is 0 Å². The lowest BCUT2D eigenvalue weighted by Gasteiger charge is -2.22. The summed E-state index contributed by atoms with van der Waals surface area (Å²) in [6.45, 7) is 8.66. The quantitative estimate of drug-likeness (QED) is 0.851. The molecule has 2 rings (SSSR count). The summed E-state index contributed by atoms with van der Waals surface area (Å²) < 4.78 is 6.36. The van der Waals surface area contributed by atoms with Gasteiger partial charge in [0.2, 0.25) is 0 Å². The molecule has 1 fully saturated rings. The molecule has 0 bridgehead atoms. The normalized spacial score (nSPS) is 18.1. The number of H-pyrrole nitrogens is 1. The first kappa shape index (κ1) is 17.1. The van der Waals surface area contributed by atoms with Gasteiger partial charge in [-0.15, -0.1) is 0 Å². The van der Waals surface area contributed by atoms with Gasteiger partial charge >= 0.3 is 11.8 Å². The third-order valence-electron chi connectivity index (χ3n) is 3.57. The summed E-state index contributed by atoms with van der Waals surface area (Å²) in [6.07, 6.45) is 0.261. The number of hydrogen-bond acceptors (Lipinski definition) is 5. The van der Waals surface area contributed by atoms with E-state index >= 15 is 0 Å². The van der Waals surface area contributed by atoms with Gasteiger partial charge in [-0.1, -0.05) is 0 Å². The molecule has 1 saturated heterocycles. The van der Waals surface area contributed by atoms with E-state index in [0.717, 1.165) is 11.0 Å². The van der Waals surface area contributed by atoms with Crippen molar-refractivity contribution in [1.82, 2.24) is 14.9 Å². The van der Waals surface area contributed by atoms with Crippen molar-refractivity contribution >= 4 is 11.9 Å². The molecule has 0 aromatic carbocycles. The third-order valence-corrected chi connectivity index (χ3v) is 3.57. The Balaban J connectivity index is 2.02. The van der Waals surface area contributed by atoms with Gasteiger partial charge < -0.3 is 15.0 Å².